The van der Waals surface area contributed by atoms with Gasteiger partial charge in [0.2, 0.25) is 10.0 Å². The van der Waals surface area contributed by atoms with Crippen LogP contribution in [0.2, 0.25) is 5.02 Å². The lowest BCUT2D eigenvalue weighted by molar-refractivity contribution is -0.148. The number of aliphatic carboxylic acids is 1. The number of carboxylic acids is 1. The van der Waals surface area contributed by atoms with Gasteiger partial charge >= 0.3 is 17.8 Å². The Hall–Kier alpha value is -3.15. The van der Waals surface area contributed by atoms with Gasteiger partial charge in [-0.2, -0.15) is 4.31 Å². The Morgan fingerprint density at radius 1 is 1.02 bits per heavy atom. The fourth-order valence-electron chi connectivity index (χ4n) is 6.59. The number of amides is 2. The lowest BCUT2D eigenvalue weighted by Crippen LogP contribution is -2.48. The Morgan fingerprint density at radius 2 is 1.70 bits per heavy atom. The molecule has 2 heterocycles. The summed E-state index contributed by atoms with van der Waals surface area (Å²) in [4.78, 5) is 40.5. The summed E-state index contributed by atoms with van der Waals surface area (Å²) in [6.07, 6.45) is 6.87. The van der Waals surface area contributed by atoms with Gasteiger partial charge in [0.05, 0.1) is 5.69 Å². The zero-order chi connectivity index (χ0) is 30.7. The van der Waals surface area contributed by atoms with Crippen molar-refractivity contribution in [3.63, 3.8) is 0 Å². The molecule has 2 aromatic rings. The zero-order valence-corrected chi connectivity index (χ0v) is 25.9. The van der Waals surface area contributed by atoms with E-state index in [9.17, 15) is 27.9 Å². The number of carbonyl (C=O) groups is 3. The van der Waals surface area contributed by atoms with Gasteiger partial charge in [0.25, 0.3) is 0 Å². The first-order valence-electron chi connectivity index (χ1n) is 15.0. The highest BCUT2D eigenvalue weighted by Gasteiger charge is 2.41. The fraction of sp³-hybridized carbons (Fsp3) is 0.516. The zero-order valence-electron chi connectivity index (χ0n) is 24.4. The van der Waals surface area contributed by atoms with Gasteiger partial charge in [-0.15, -0.1) is 0 Å². The molecule has 0 aromatic heterocycles. The Balaban J connectivity index is 1.45. The number of nitrogens with one attached hydrogen (secondary N) is 1. The molecule has 0 radical (unpaired) electrons. The number of anilines is 2. The quantitative estimate of drug-likeness (QED) is 0.439. The van der Waals surface area contributed by atoms with Crippen LogP contribution in [0.3, 0.4) is 0 Å². The van der Waals surface area contributed by atoms with Crippen molar-refractivity contribution in [3.05, 3.63) is 53.1 Å². The second kappa shape index (κ2) is 13.2. The van der Waals surface area contributed by atoms with Crippen LogP contribution in [0.1, 0.15) is 56.9 Å². The SMILES string of the molecule is CN1[C@H](C2CCCCC2)CN(c2ccccc2)c2cc(Cl)c(CC[C@H](NC(=O)C(=O)N3CCCC3)C(=O)O)cc2S1(=O)=O. The van der Waals surface area contributed by atoms with Crippen molar-refractivity contribution in [1.82, 2.24) is 14.5 Å². The van der Waals surface area contributed by atoms with Crippen molar-refractivity contribution in [1.29, 1.82) is 0 Å². The monoisotopic (exact) mass is 630 g/mol. The topological polar surface area (TPSA) is 127 Å². The van der Waals surface area contributed by atoms with E-state index in [0.29, 0.717) is 35.9 Å². The van der Waals surface area contributed by atoms with Crippen molar-refractivity contribution in [2.24, 2.45) is 5.92 Å². The number of sulfonamides is 1. The van der Waals surface area contributed by atoms with Gasteiger partial charge in [-0.25, -0.2) is 13.2 Å². The van der Waals surface area contributed by atoms with Crippen molar-refractivity contribution < 1.29 is 27.9 Å². The number of hydrogen-bond donors (Lipinski definition) is 2. The Labute approximate surface area is 258 Å². The standard InChI is InChI=1S/C31H39ClN4O6S/c1-34-27(21-10-4-2-5-11-21)20-36(23-12-6-3-7-13-23)26-19-24(32)22(18-28(26)43(34,41)42)14-15-25(31(39)40)33-29(37)30(38)35-16-8-9-17-35/h3,6-7,12-13,18-19,21,25,27H,2,4-5,8-11,14-17,20H2,1H3,(H,33,37)(H,39,40)/t25-,27-/m0/s1. The van der Waals surface area contributed by atoms with Crippen LogP contribution >= 0.6 is 11.6 Å². The molecule has 1 saturated heterocycles. The summed E-state index contributed by atoms with van der Waals surface area (Å²) >= 11 is 6.76. The van der Waals surface area contributed by atoms with E-state index in [2.05, 4.69) is 5.32 Å². The number of likely N-dealkylation sites (N-methyl/N-ethyl adjacent to an activating group) is 1. The number of aryl methyl sites for hydroxylation is 1. The number of nitrogens with zero attached hydrogens (tertiary/aromatic N) is 3. The van der Waals surface area contributed by atoms with E-state index < -0.39 is 33.8 Å². The summed E-state index contributed by atoms with van der Waals surface area (Å²) in [6.45, 7) is 1.42. The summed E-state index contributed by atoms with van der Waals surface area (Å²) in [7, 11) is -2.29. The number of likely N-dealkylation sites (tertiary alicyclic amines) is 1. The molecule has 232 valence electrons. The molecule has 2 N–H and O–H groups in total. The minimum atomic E-state index is -3.93. The molecule has 2 aliphatic heterocycles. The van der Waals surface area contributed by atoms with E-state index in [0.717, 1.165) is 50.6 Å². The Morgan fingerprint density at radius 3 is 2.35 bits per heavy atom. The normalized spacial score (nSPS) is 21.6. The number of rotatable bonds is 7. The molecule has 0 spiro atoms. The number of carbonyl (C=O) groups excluding carboxylic acids is 2. The number of carboxylic acid groups (broad SMARTS) is 1. The molecule has 5 rings (SSSR count). The first kappa shape index (κ1) is 31.3. The molecule has 1 saturated carbocycles. The average molecular weight is 631 g/mol. The van der Waals surface area contributed by atoms with Crippen molar-refractivity contribution >= 4 is 50.8 Å². The first-order chi connectivity index (χ1) is 20.6. The molecule has 10 nitrogen and oxygen atoms in total. The minimum Gasteiger partial charge on any atom is -0.480 e. The second-order valence-corrected chi connectivity index (χ2v) is 14.1. The maximum absolute atomic E-state index is 14.2. The molecule has 0 unspecified atom stereocenters. The lowest BCUT2D eigenvalue weighted by atomic mass is 9.83. The van der Waals surface area contributed by atoms with Crippen molar-refractivity contribution in [2.45, 2.75) is 74.8 Å². The van der Waals surface area contributed by atoms with Crippen LogP contribution in [-0.4, -0.2) is 79.3 Å². The molecule has 3 aliphatic rings. The van der Waals surface area contributed by atoms with Crippen molar-refractivity contribution in [2.75, 3.05) is 31.6 Å². The van der Waals surface area contributed by atoms with Gasteiger partial charge < -0.3 is 20.2 Å². The average Bonchev–Trinajstić information content (AvgIpc) is 3.53. The van der Waals surface area contributed by atoms with Crippen LogP contribution in [0.15, 0.2) is 47.4 Å². The van der Waals surface area contributed by atoms with Gasteiger partial charge in [-0.1, -0.05) is 49.1 Å². The Kier molecular flexibility index (Phi) is 9.63. The number of hydrogen-bond acceptors (Lipinski definition) is 6. The highest BCUT2D eigenvalue weighted by atomic mass is 35.5. The maximum Gasteiger partial charge on any atom is 0.326 e. The van der Waals surface area contributed by atoms with Gasteiger partial charge in [-0.05, 0) is 74.3 Å². The third-order valence-electron chi connectivity index (χ3n) is 9.07. The predicted octanol–water partition coefficient (Wildman–Crippen LogP) is 4.19. The second-order valence-electron chi connectivity index (χ2n) is 11.7. The van der Waals surface area contributed by atoms with Crippen LogP contribution in [0.5, 0.6) is 0 Å². The smallest absolute Gasteiger partial charge is 0.326 e. The third-order valence-corrected chi connectivity index (χ3v) is 11.3. The van der Waals surface area contributed by atoms with Gasteiger partial charge in [0.1, 0.15) is 10.9 Å². The minimum absolute atomic E-state index is 0.0736. The molecule has 0 bridgehead atoms. The summed E-state index contributed by atoms with van der Waals surface area (Å²) in [5.41, 5.74) is 1.78. The maximum atomic E-state index is 14.2. The molecule has 2 fully saturated rings. The number of benzene rings is 2. The highest BCUT2D eigenvalue weighted by molar-refractivity contribution is 7.89. The molecule has 43 heavy (non-hydrogen) atoms. The first-order valence-corrected chi connectivity index (χ1v) is 16.9. The number of halogens is 1. The molecular weight excluding hydrogens is 592 g/mol. The summed E-state index contributed by atoms with van der Waals surface area (Å²) in [5.74, 6) is -2.76. The van der Waals surface area contributed by atoms with E-state index >= 15 is 0 Å². The third kappa shape index (κ3) is 6.68. The lowest BCUT2D eigenvalue weighted by Gasteiger charge is -2.36. The van der Waals surface area contributed by atoms with E-state index in [-0.39, 0.29) is 29.7 Å². The van der Waals surface area contributed by atoms with Crippen LogP contribution in [0.25, 0.3) is 0 Å². The van der Waals surface area contributed by atoms with E-state index in [1.54, 1.807) is 19.2 Å². The number of para-hydroxylation sites is 1. The van der Waals surface area contributed by atoms with Crippen molar-refractivity contribution in [3.8, 4) is 0 Å². The highest BCUT2D eigenvalue weighted by Crippen LogP contribution is 2.42. The summed E-state index contributed by atoms with van der Waals surface area (Å²) in [5, 5.41) is 12.4. The largest absolute Gasteiger partial charge is 0.480 e. The van der Waals surface area contributed by atoms with Crippen LogP contribution in [-0.2, 0) is 30.8 Å². The fourth-order valence-corrected chi connectivity index (χ4v) is 8.47. The Bertz CT molecular complexity index is 1460. The molecule has 2 aromatic carbocycles. The van der Waals surface area contributed by atoms with Crippen LogP contribution in [0, 0.1) is 5.92 Å². The van der Waals surface area contributed by atoms with Gasteiger partial charge in [0.15, 0.2) is 0 Å². The molecule has 12 heteroatoms. The predicted molar refractivity (Wildman–Crippen MR) is 164 cm³/mol. The summed E-state index contributed by atoms with van der Waals surface area (Å²) in [6, 6.07) is 11.3. The molecule has 2 amide bonds. The van der Waals surface area contributed by atoms with Crippen LogP contribution in [0.4, 0.5) is 11.4 Å². The summed E-state index contributed by atoms with van der Waals surface area (Å²) < 4.78 is 29.9. The van der Waals surface area contributed by atoms with E-state index in [4.69, 9.17) is 11.6 Å². The molecule has 2 atom stereocenters. The van der Waals surface area contributed by atoms with Gasteiger partial charge in [-0.3, -0.25) is 9.59 Å². The molecular formula is C31H39ClN4O6S. The van der Waals surface area contributed by atoms with Gasteiger partial charge in [0, 0.05) is 43.4 Å². The van der Waals surface area contributed by atoms with E-state index in [1.807, 2.05) is 35.2 Å². The van der Waals surface area contributed by atoms with Crippen LogP contribution < -0.4 is 10.2 Å². The van der Waals surface area contributed by atoms with E-state index in [1.165, 1.54) is 9.21 Å². The number of fused-ring (bicyclic) bond motifs is 1. The molecule has 1 aliphatic carbocycles.